The molecule has 1 nitrogen and oxygen atoms in total. The Labute approximate surface area is 91.4 Å². The summed E-state index contributed by atoms with van der Waals surface area (Å²) in [6.07, 6.45) is 8.68. The van der Waals surface area contributed by atoms with Gasteiger partial charge in [-0.25, -0.2) is 0 Å². The monoisotopic (exact) mass is 202 g/mol. The average Bonchev–Trinajstić information content (AvgIpc) is 2.29. The lowest BCUT2D eigenvalue weighted by atomic mass is 9.86. The van der Waals surface area contributed by atoms with E-state index in [2.05, 4.69) is 24.3 Å². The largest absolute Gasteiger partial charge is 0.393 e. The van der Waals surface area contributed by atoms with Gasteiger partial charge in [-0.3, -0.25) is 0 Å². The van der Waals surface area contributed by atoms with Crippen LogP contribution in [-0.2, 0) is 0 Å². The number of aliphatic hydroxyl groups excluding tert-OH is 1. The van der Waals surface area contributed by atoms with E-state index in [1.165, 1.54) is 18.4 Å². The number of hydrogen-bond donors (Lipinski definition) is 1. The number of rotatable bonds is 2. The van der Waals surface area contributed by atoms with E-state index in [4.69, 9.17) is 0 Å². The van der Waals surface area contributed by atoms with Crippen molar-refractivity contribution in [1.29, 1.82) is 0 Å². The minimum absolute atomic E-state index is 0.126. The van der Waals surface area contributed by atoms with Crippen molar-refractivity contribution in [3.05, 3.63) is 42.0 Å². The summed E-state index contributed by atoms with van der Waals surface area (Å²) in [5.41, 5.74) is 1.22. The average molecular weight is 202 g/mol. The zero-order chi connectivity index (χ0) is 10.5. The molecule has 1 N–H and O–H groups in total. The fourth-order valence-corrected chi connectivity index (χ4v) is 2.16. The second kappa shape index (κ2) is 5.13. The van der Waals surface area contributed by atoms with E-state index in [0.717, 1.165) is 12.8 Å². The van der Waals surface area contributed by atoms with Gasteiger partial charge in [-0.15, -0.1) is 0 Å². The molecule has 1 heteroatoms. The van der Waals surface area contributed by atoms with E-state index >= 15 is 0 Å². The normalized spacial score (nSPS) is 27.0. The molecule has 0 aliphatic heterocycles. The van der Waals surface area contributed by atoms with Crippen LogP contribution in [0.5, 0.6) is 0 Å². The second-order valence-electron chi connectivity index (χ2n) is 4.29. The van der Waals surface area contributed by atoms with Gasteiger partial charge in [0.2, 0.25) is 0 Å². The summed E-state index contributed by atoms with van der Waals surface area (Å²) < 4.78 is 0. The van der Waals surface area contributed by atoms with Crippen LogP contribution in [0.3, 0.4) is 0 Å². The molecule has 15 heavy (non-hydrogen) atoms. The van der Waals surface area contributed by atoms with Crippen LogP contribution in [0.15, 0.2) is 36.4 Å². The lowest BCUT2D eigenvalue weighted by Gasteiger charge is -2.24. The molecule has 2 rings (SSSR count). The lowest BCUT2D eigenvalue weighted by Crippen LogP contribution is -2.22. The van der Waals surface area contributed by atoms with Gasteiger partial charge in [0.15, 0.2) is 0 Å². The Hall–Kier alpha value is -1.08. The summed E-state index contributed by atoms with van der Waals surface area (Å²) in [4.78, 5) is 0. The maximum absolute atomic E-state index is 9.80. The van der Waals surface area contributed by atoms with E-state index in [1.54, 1.807) is 0 Å². The highest BCUT2D eigenvalue weighted by molar-refractivity contribution is 5.49. The molecule has 0 bridgehead atoms. The molecule has 0 spiro atoms. The molecule has 0 radical (unpaired) electrons. The first-order chi connectivity index (χ1) is 7.36. The molecule has 1 aromatic rings. The third kappa shape index (κ3) is 2.93. The highest BCUT2D eigenvalue weighted by atomic mass is 16.3. The van der Waals surface area contributed by atoms with Crippen LogP contribution < -0.4 is 0 Å². The van der Waals surface area contributed by atoms with Crippen LogP contribution in [-0.4, -0.2) is 11.2 Å². The molecule has 2 unspecified atom stereocenters. The molecule has 1 fully saturated rings. The lowest BCUT2D eigenvalue weighted by molar-refractivity contribution is 0.0931. The van der Waals surface area contributed by atoms with Gasteiger partial charge in [0.1, 0.15) is 0 Å². The Morgan fingerprint density at radius 3 is 2.53 bits per heavy atom. The fraction of sp³-hybridized carbons (Fsp3) is 0.429. The van der Waals surface area contributed by atoms with Gasteiger partial charge in [0, 0.05) is 5.92 Å². The summed E-state index contributed by atoms with van der Waals surface area (Å²) >= 11 is 0. The predicted molar refractivity (Wildman–Crippen MR) is 63.4 cm³/mol. The first kappa shape index (κ1) is 10.4. The molecular weight excluding hydrogens is 184 g/mol. The molecule has 80 valence electrons. The SMILES string of the molecule is OC1CCCCC1/C=C/c1ccccc1. The predicted octanol–water partition coefficient (Wildman–Crippen LogP) is 3.25. The first-order valence-electron chi connectivity index (χ1n) is 5.77. The molecule has 0 aromatic heterocycles. The number of aliphatic hydroxyl groups is 1. The van der Waals surface area contributed by atoms with Crippen molar-refractivity contribution in [3.63, 3.8) is 0 Å². The summed E-state index contributed by atoms with van der Waals surface area (Å²) in [7, 11) is 0. The first-order valence-corrected chi connectivity index (χ1v) is 5.77. The Morgan fingerprint density at radius 1 is 1.07 bits per heavy atom. The maximum atomic E-state index is 9.80. The molecule has 0 amide bonds. The van der Waals surface area contributed by atoms with Gasteiger partial charge in [-0.05, 0) is 18.4 Å². The minimum Gasteiger partial charge on any atom is -0.393 e. The summed E-state index contributed by atoms with van der Waals surface area (Å²) in [5.74, 6) is 0.360. The van der Waals surface area contributed by atoms with Crippen LogP contribution in [0, 0.1) is 5.92 Å². The smallest absolute Gasteiger partial charge is 0.0602 e. The highest BCUT2D eigenvalue weighted by Crippen LogP contribution is 2.25. The van der Waals surface area contributed by atoms with E-state index in [9.17, 15) is 5.11 Å². The van der Waals surface area contributed by atoms with E-state index in [1.807, 2.05) is 18.2 Å². The Bertz CT molecular complexity index is 315. The Balaban J connectivity index is 1.98. The standard InChI is InChI=1S/C14H18O/c15-14-9-5-4-8-13(14)11-10-12-6-2-1-3-7-12/h1-3,6-7,10-11,13-15H,4-5,8-9H2/b11-10+. The van der Waals surface area contributed by atoms with E-state index < -0.39 is 0 Å². The van der Waals surface area contributed by atoms with Gasteiger partial charge < -0.3 is 5.11 Å². The zero-order valence-electron chi connectivity index (χ0n) is 8.97. The quantitative estimate of drug-likeness (QED) is 0.780. The fourth-order valence-electron chi connectivity index (χ4n) is 2.16. The molecule has 1 aliphatic rings. The maximum Gasteiger partial charge on any atom is 0.0602 e. The van der Waals surface area contributed by atoms with Crippen LogP contribution >= 0.6 is 0 Å². The molecular formula is C14H18O. The topological polar surface area (TPSA) is 20.2 Å². The molecule has 0 saturated heterocycles. The van der Waals surface area contributed by atoms with Crippen molar-refractivity contribution in [3.8, 4) is 0 Å². The molecule has 0 heterocycles. The number of hydrogen-bond acceptors (Lipinski definition) is 1. The third-order valence-electron chi connectivity index (χ3n) is 3.12. The van der Waals surface area contributed by atoms with Crippen LogP contribution in [0.2, 0.25) is 0 Å². The van der Waals surface area contributed by atoms with Crippen molar-refractivity contribution in [2.45, 2.75) is 31.8 Å². The van der Waals surface area contributed by atoms with Crippen LogP contribution in [0.25, 0.3) is 6.08 Å². The second-order valence-corrected chi connectivity index (χ2v) is 4.29. The molecule has 1 aromatic carbocycles. The van der Waals surface area contributed by atoms with Crippen molar-refractivity contribution in [2.75, 3.05) is 0 Å². The molecule has 2 atom stereocenters. The van der Waals surface area contributed by atoms with Gasteiger partial charge >= 0.3 is 0 Å². The minimum atomic E-state index is -0.126. The van der Waals surface area contributed by atoms with E-state index in [-0.39, 0.29) is 6.10 Å². The summed E-state index contributed by atoms with van der Waals surface area (Å²) in [5, 5.41) is 9.80. The van der Waals surface area contributed by atoms with Crippen molar-refractivity contribution in [1.82, 2.24) is 0 Å². The summed E-state index contributed by atoms with van der Waals surface area (Å²) in [6.45, 7) is 0. The van der Waals surface area contributed by atoms with Crippen LogP contribution in [0.4, 0.5) is 0 Å². The van der Waals surface area contributed by atoms with E-state index in [0.29, 0.717) is 5.92 Å². The van der Waals surface area contributed by atoms with Crippen molar-refractivity contribution < 1.29 is 5.11 Å². The summed E-state index contributed by atoms with van der Waals surface area (Å²) in [6, 6.07) is 10.3. The van der Waals surface area contributed by atoms with Crippen LogP contribution in [0.1, 0.15) is 31.2 Å². The number of benzene rings is 1. The van der Waals surface area contributed by atoms with Gasteiger partial charge in [-0.1, -0.05) is 55.3 Å². The zero-order valence-corrected chi connectivity index (χ0v) is 8.97. The molecule has 1 aliphatic carbocycles. The molecule has 1 saturated carbocycles. The highest BCUT2D eigenvalue weighted by Gasteiger charge is 2.19. The van der Waals surface area contributed by atoms with Crippen molar-refractivity contribution in [2.24, 2.45) is 5.92 Å². The van der Waals surface area contributed by atoms with Gasteiger partial charge in [-0.2, -0.15) is 0 Å². The van der Waals surface area contributed by atoms with Gasteiger partial charge in [0.25, 0.3) is 0 Å². The third-order valence-corrected chi connectivity index (χ3v) is 3.12. The Kier molecular flexibility index (Phi) is 3.57. The van der Waals surface area contributed by atoms with Crippen molar-refractivity contribution >= 4 is 6.08 Å². The Morgan fingerprint density at radius 2 is 1.80 bits per heavy atom. The van der Waals surface area contributed by atoms with Gasteiger partial charge in [0.05, 0.1) is 6.10 Å².